The molecule has 30 heavy (non-hydrogen) atoms. The zero-order valence-corrected chi connectivity index (χ0v) is 16.8. The van der Waals surface area contributed by atoms with Crippen LogP contribution in [-0.4, -0.2) is 72.5 Å². The number of ether oxygens (including phenoxy) is 2. The molecule has 0 aromatic heterocycles. The Morgan fingerprint density at radius 2 is 1.67 bits per heavy atom. The fraction of sp³-hybridized carbons (Fsp3) is 0.435. The van der Waals surface area contributed by atoms with Crippen molar-refractivity contribution in [3.63, 3.8) is 0 Å². The molecule has 0 amide bonds. The number of aliphatic hydroxyl groups is 1. The topological polar surface area (TPSA) is 69.0 Å². The fourth-order valence-corrected chi connectivity index (χ4v) is 4.16. The van der Waals surface area contributed by atoms with Crippen LogP contribution in [0.2, 0.25) is 0 Å². The molecule has 0 saturated carbocycles. The number of β-amino-alcohol motifs (C(OH)–C–C–N with tert-alkyl or cyclic N) is 1. The minimum absolute atomic E-state index is 0.101. The second kappa shape index (κ2) is 9.54. The van der Waals surface area contributed by atoms with Crippen LogP contribution in [0.25, 0.3) is 0 Å². The molecule has 4 rings (SSSR count). The van der Waals surface area contributed by atoms with Gasteiger partial charge in [0.05, 0.1) is 23.8 Å². The van der Waals surface area contributed by atoms with Crippen molar-refractivity contribution in [3.8, 4) is 11.8 Å². The zero-order chi connectivity index (χ0) is 20.9. The zero-order valence-electron chi connectivity index (χ0n) is 16.8. The van der Waals surface area contributed by atoms with E-state index in [9.17, 15) is 9.50 Å². The maximum absolute atomic E-state index is 13.1. The molecule has 0 spiro atoms. The first-order chi connectivity index (χ1) is 14.6. The highest BCUT2D eigenvalue weighted by atomic mass is 19.1. The highest BCUT2D eigenvalue weighted by Gasteiger charge is 2.35. The Labute approximate surface area is 176 Å². The summed E-state index contributed by atoms with van der Waals surface area (Å²) >= 11 is 0. The molecule has 2 fully saturated rings. The summed E-state index contributed by atoms with van der Waals surface area (Å²) in [5.74, 6) is 0.429. The number of benzene rings is 2. The Kier molecular flexibility index (Phi) is 6.60. The summed E-state index contributed by atoms with van der Waals surface area (Å²) in [6.45, 7) is 4.71. The number of hydrogen-bond donors (Lipinski definition) is 1. The number of hydrogen-bond acceptors (Lipinski definition) is 6. The van der Waals surface area contributed by atoms with Gasteiger partial charge in [-0.2, -0.15) is 5.26 Å². The van der Waals surface area contributed by atoms with Crippen molar-refractivity contribution in [2.75, 3.05) is 39.3 Å². The van der Waals surface area contributed by atoms with Crippen LogP contribution < -0.4 is 4.74 Å². The summed E-state index contributed by atoms with van der Waals surface area (Å²) in [7, 11) is 0. The lowest BCUT2D eigenvalue weighted by molar-refractivity contribution is -0.145. The van der Waals surface area contributed by atoms with E-state index in [0.29, 0.717) is 17.9 Å². The quantitative estimate of drug-likeness (QED) is 0.752. The molecule has 2 saturated heterocycles. The third-order valence-electron chi connectivity index (χ3n) is 5.45. The van der Waals surface area contributed by atoms with Gasteiger partial charge < -0.3 is 14.6 Å². The van der Waals surface area contributed by atoms with Gasteiger partial charge in [-0.15, -0.1) is 0 Å². The first kappa shape index (κ1) is 20.8. The Bertz CT molecular complexity index is 855. The average molecular weight is 411 g/mol. The van der Waals surface area contributed by atoms with Gasteiger partial charge in [0, 0.05) is 39.3 Å². The summed E-state index contributed by atoms with van der Waals surface area (Å²) in [4.78, 5) is 4.59. The van der Waals surface area contributed by atoms with E-state index in [2.05, 4.69) is 15.9 Å². The molecule has 3 unspecified atom stereocenters. The molecule has 2 aromatic rings. The molecular weight excluding hydrogens is 385 g/mol. The maximum Gasteiger partial charge on any atom is 0.123 e. The van der Waals surface area contributed by atoms with Crippen molar-refractivity contribution in [1.29, 1.82) is 5.26 Å². The molecule has 2 bridgehead atoms. The molecule has 6 nitrogen and oxygen atoms in total. The molecule has 0 radical (unpaired) electrons. The van der Waals surface area contributed by atoms with Crippen LogP contribution in [0.1, 0.15) is 11.1 Å². The van der Waals surface area contributed by atoms with Crippen molar-refractivity contribution in [1.82, 2.24) is 9.80 Å². The maximum atomic E-state index is 13.1. The van der Waals surface area contributed by atoms with Gasteiger partial charge in [-0.1, -0.05) is 12.1 Å². The molecule has 2 aliphatic rings. The molecule has 158 valence electrons. The molecule has 2 aromatic carbocycles. The lowest BCUT2D eigenvalue weighted by Gasteiger charge is -2.46. The molecule has 2 aliphatic heterocycles. The van der Waals surface area contributed by atoms with Crippen molar-refractivity contribution >= 4 is 0 Å². The van der Waals surface area contributed by atoms with Crippen LogP contribution in [0, 0.1) is 17.1 Å². The second-order valence-electron chi connectivity index (χ2n) is 8.02. The fourth-order valence-electron chi connectivity index (χ4n) is 4.16. The van der Waals surface area contributed by atoms with E-state index in [4.69, 9.17) is 14.7 Å². The van der Waals surface area contributed by atoms with Gasteiger partial charge in [-0.3, -0.25) is 9.80 Å². The third-order valence-corrected chi connectivity index (χ3v) is 5.45. The lowest BCUT2D eigenvalue weighted by Crippen LogP contribution is -2.60. The minimum Gasteiger partial charge on any atom is -0.491 e. The van der Waals surface area contributed by atoms with Gasteiger partial charge in [-0.25, -0.2) is 4.39 Å². The van der Waals surface area contributed by atoms with E-state index in [1.54, 1.807) is 24.3 Å². The van der Waals surface area contributed by atoms with Crippen molar-refractivity contribution < 1.29 is 19.0 Å². The van der Waals surface area contributed by atoms with Crippen LogP contribution in [0.5, 0.6) is 5.75 Å². The Hall–Kier alpha value is -2.50. The van der Waals surface area contributed by atoms with Crippen LogP contribution in [0.3, 0.4) is 0 Å². The SMILES string of the molecule is N#Cc1ccc(OCC(O)CN2CC3CN(Cc4ccc(F)cc4)CC(C2)O3)cc1. The van der Waals surface area contributed by atoms with Gasteiger partial charge in [0.1, 0.15) is 24.3 Å². The van der Waals surface area contributed by atoms with Crippen LogP contribution in [0.4, 0.5) is 4.39 Å². The lowest BCUT2D eigenvalue weighted by atomic mass is 10.1. The number of aliphatic hydroxyl groups excluding tert-OH is 1. The van der Waals surface area contributed by atoms with Crippen LogP contribution in [-0.2, 0) is 11.3 Å². The highest BCUT2D eigenvalue weighted by Crippen LogP contribution is 2.21. The summed E-state index contributed by atoms with van der Waals surface area (Å²) in [5, 5.41) is 19.2. The number of rotatable bonds is 7. The highest BCUT2D eigenvalue weighted by molar-refractivity contribution is 5.34. The molecule has 3 atom stereocenters. The summed E-state index contributed by atoms with van der Waals surface area (Å²) in [6, 6.07) is 15.6. The molecular formula is C23H26FN3O3. The van der Waals surface area contributed by atoms with Crippen molar-refractivity contribution in [3.05, 3.63) is 65.5 Å². The predicted molar refractivity (Wildman–Crippen MR) is 109 cm³/mol. The van der Waals surface area contributed by atoms with E-state index in [1.165, 1.54) is 12.1 Å². The van der Waals surface area contributed by atoms with Gasteiger partial charge in [0.25, 0.3) is 0 Å². The predicted octanol–water partition coefficient (Wildman–Crippen LogP) is 2.02. The number of halogens is 1. The average Bonchev–Trinajstić information content (AvgIpc) is 2.74. The van der Waals surface area contributed by atoms with Crippen LogP contribution >= 0.6 is 0 Å². The molecule has 2 heterocycles. The standard InChI is InChI=1S/C23H26FN3O3/c24-19-5-1-18(2-6-19)10-26-12-22-14-27(15-23(13-26)30-22)11-20(28)16-29-21-7-3-17(9-25)4-8-21/h1-8,20,22-23,28H,10-16H2. The largest absolute Gasteiger partial charge is 0.491 e. The Morgan fingerprint density at radius 1 is 1.03 bits per heavy atom. The van der Waals surface area contributed by atoms with Gasteiger partial charge in [0.15, 0.2) is 0 Å². The first-order valence-electron chi connectivity index (χ1n) is 10.2. The second-order valence-corrected chi connectivity index (χ2v) is 8.02. The van der Waals surface area contributed by atoms with E-state index in [1.807, 2.05) is 12.1 Å². The summed E-state index contributed by atoms with van der Waals surface area (Å²) in [6.07, 6.45) is -0.399. The number of nitriles is 1. The number of nitrogens with zero attached hydrogens (tertiary/aromatic N) is 3. The minimum atomic E-state index is -0.602. The monoisotopic (exact) mass is 411 g/mol. The number of fused-ring (bicyclic) bond motifs is 2. The van der Waals surface area contributed by atoms with Crippen molar-refractivity contribution in [2.45, 2.75) is 24.9 Å². The number of morpholine rings is 2. The van der Waals surface area contributed by atoms with Gasteiger partial charge in [-0.05, 0) is 42.0 Å². The van der Waals surface area contributed by atoms with E-state index in [0.717, 1.165) is 38.3 Å². The van der Waals surface area contributed by atoms with E-state index < -0.39 is 6.10 Å². The Balaban J connectivity index is 1.23. The van der Waals surface area contributed by atoms with Crippen molar-refractivity contribution in [2.24, 2.45) is 0 Å². The molecule has 0 aliphatic carbocycles. The van der Waals surface area contributed by atoms with E-state index >= 15 is 0 Å². The Morgan fingerprint density at radius 3 is 2.30 bits per heavy atom. The molecule has 7 heteroatoms. The van der Waals surface area contributed by atoms with Gasteiger partial charge >= 0.3 is 0 Å². The van der Waals surface area contributed by atoms with Crippen LogP contribution in [0.15, 0.2) is 48.5 Å². The normalized spacial score (nSPS) is 23.0. The molecule has 1 N–H and O–H groups in total. The summed E-state index contributed by atoms with van der Waals surface area (Å²) in [5.41, 5.74) is 1.68. The smallest absolute Gasteiger partial charge is 0.123 e. The van der Waals surface area contributed by atoms with E-state index in [-0.39, 0.29) is 24.6 Å². The third kappa shape index (κ3) is 5.55. The summed E-state index contributed by atoms with van der Waals surface area (Å²) < 4.78 is 24.8. The first-order valence-corrected chi connectivity index (χ1v) is 10.2. The van der Waals surface area contributed by atoms with Gasteiger partial charge in [0.2, 0.25) is 0 Å².